The van der Waals surface area contributed by atoms with Gasteiger partial charge >= 0.3 is 0 Å². The number of aromatic nitrogens is 2. The van der Waals surface area contributed by atoms with E-state index in [1.807, 2.05) is 6.20 Å². The number of fused-ring (bicyclic) bond motifs is 1. The molecule has 0 saturated heterocycles. The molecule has 0 radical (unpaired) electrons. The Morgan fingerprint density at radius 3 is 2.88 bits per heavy atom. The highest BCUT2D eigenvalue weighted by Gasteiger charge is 2.25. The minimum Gasteiger partial charge on any atom is -0.369 e. The van der Waals surface area contributed by atoms with Crippen LogP contribution in [-0.4, -0.2) is 9.97 Å². The van der Waals surface area contributed by atoms with Crippen LogP contribution in [-0.2, 0) is 0 Å². The van der Waals surface area contributed by atoms with Crippen LogP contribution in [0.3, 0.4) is 0 Å². The molecular formula is C12H18N4O. The number of H-pyrrole nitrogens is 1. The maximum Gasteiger partial charge on any atom is 0.258 e. The first-order valence-corrected chi connectivity index (χ1v) is 6.02. The van der Waals surface area contributed by atoms with Gasteiger partial charge in [0.1, 0.15) is 5.82 Å². The van der Waals surface area contributed by atoms with Crippen molar-refractivity contribution < 1.29 is 0 Å². The third kappa shape index (κ3) is 2.05. The predicted molar refractivity (Wildman–Crippen MR) is 68.9 cm³/mol. The molecule has 1 atom stereocenters. The Balaban J connectivity index is 2.49. The summed E-state index contributed by atoms with van der Waals surface area (Å²) in [7, 11) is 0. The van der Waals surface area contributed by atoms with Gasteiger partial charge in [0.05, 0.1) is 5.56 Å². The maximum absolute atomic E-state index is 12.0. The molecule has 0 aliphatic carbocycles. The molecule has 0 bridgehead atoms. The molecule has 0 saturated carbocycles. The molecule has 92 valence electrons. The molecule has 2 heterocycles. The molecule has 1 aliphatic heterocycles. The zero-order valence-corrected chi connectivity index (χ0v) is 10.2. The van der Waals surface area contributed by atoms with Crippen LogP contribution in [0.2, 0.25) is 0 Å². The summed E-state index contributed by atoms with van der Waals surface area (Å²) in [6.45, 7) is 4.22. The minimum atomic E-state index is -0.131. The van der Waals surface area contributed by atoms with Crippen LogP contribution in [0.1, 0.15) is 44.6 Å². The Bertz CT molecular complexity index is 504. The van der Waals surface area contributed by atoms with E-state index in [9.17, 15) is 4.79 Å². The molecule has 4 N–H and O–H groups in total. The van der Waals surface area contributed by atoms with Crippen molar-refractivity contribution in [2.75, 3.05) is 11.1 Å². The van der Waals surface area contributed by atoms with Crippen LogP contribution in [0.25, 0.3) is 0 Å². The minimum absolute atomic E-state index is 0.131. The monoisotopic (exact) mass is 234 g/mol. The normalized spacial score (nSPS) is 18.2. The Morgan fingerprint density at radius 2 is 2.24 bits per heavy atom. The van der Waals surface area contributed by atoms with Gasteiger partial charge in [-0.05, 0) is 18.4 Å². The summed E-state index contributed by atoms with van der Waals surface area (Å²) >= 11 is 0. The standard InChI is InChI=1S/C12H18N4O/c1-3-5-7-6-14-10-9(8(7)4-2)11(17)16-12(13)15-10/h6,8H,3-5H2,1-2H3,(H4,13,14,15,16,17). The summed E-state index contributed by atoms with van der Waals surface area (Å²) in [6.07, 6.45) is 4.93. The smallest absolute Gasteiger partial charge is 0.258 e. The molecule has 1 unspecified atom stereocenters. The van der Waals surface area contributed by atoms with E-state index in [1.54, 1.807) is 0 Å². The molecule has 5 nitrogen and oxygen atoms in total. The van der Waals surface area contributed by atoms with Crippen LogP contribution in [0, 0.1) is 0 Å². The third-order valence-corrected chi connectivity index (χ3v) is 3.11. The Labute approximate surface area is 100 Å². The number of nitrogens with two attached hydrogens (primary N) is 1. The highest BCUT2D eigenvalue weighted by Crippen LogP contribution is 2.35. The third-order valence-electron chi connectivity index (χ3n) is 3.11. The topological polar surface area (TPSA) is 83.8 Å². The molecule has 0 aromatic carbocycles. The van der Waals surface area contributed by atoms with E-state index in [4.69, 9.17) is 5.73 Å². The summed E-state index contributed by atoms with van der Waals surface area (Å²) < 4.78 is 0. The van der Waals surface area contributed by atoms with Crippen molar-refractivity contribution in [1.82, 2.24) is 9.97 Å². The van der Waals surface area contributed by atoms with Gasteiger partial charge in [-0.3, -0.25) is 9.78 Å². The van der Waals surface area contributed by atoms with Crippen molar-refractivity contribution in [3.05, 3.63) is 27.7 Å². The van der Waals surface area contributed by atoms with Crippen LogP contribution >= 0.6 is 0 Å². The zero-order chi connectivity index (χ0) is 12.4. The lowest BCUT2D eigenvalue weighted by Gasteiger charge is -2.25. The number of nitrogen functional groups attached to an aromatic ring is 1. The van der Waals surface area contributed by atoms with Gasteiger partial charge < -0.3 is 11.1 Å². The summed E-state index contributed by atoms with van der Waals surface area (Å²) in [4.78, 5) is 18.7. The number of hydrogen-bond donors (Lipinski definition) is 3. The van der Waals surface area contributed by atoms with E-state index in [2.05, 4.69) is 29.1 Å². The van der Waals surface area contributed by atoms with Crippen molar-refractivity contribution in [2.45, 2.75) is 39.0 Å². The molecule has 17 heavy (non-hydrogen) atoms. The average Bonchev–Trinajstić information content (AvgIpc) is 2.29. The van der Waals surface area contributed by atoms with Crippen molar-refractivity contribution in [3.8, 4) is 0 Å². The zero-order valence-electron chi connectivity index (χ0n) is 10.2. The number of hydrogen-bond acceptors (Lipinski definition) is 4. The van der Waals surface area contributed by atoms with Gasteiger partial charge in [0, 0.05) is 12.1 Å². The van der Waals surface area contributed by atoms with E-state index < -0.39 is 0 Å². The number of nitrogens with zero attached hydrogens (tertiary/aromatic N) is 1. The molecule has 0 fully saturated rings. The van der Waals surface area contributed by atoms with Crippen LogP contribution in [0.4, 0.5) is 11.8 Å². The largest absolute Gasteiger partial charge is 0.369 e. The van der Waals surface area contributed by atoms with Crippen molar-refractivity contribution >= 4 is 11.8 Å². The summed E-state index contributed by atoms with van der Waals surface area (Å²) in [5, 5.41) is 3.07. The second-order valence-corrected chi connectivity index (χ2v) is 4.29. The highest BCUT2D eigenvalue weighted by atomic mass is 16.1. The number of nitrogens with one attached hydrogen (secondary N) is 2. The van der Waals surface area contributed by atoms with E-state index in [1.165, 1.54) is 5.57 Å². The number of allylic oxidation sites excluding steroid dienone is 1. The lowest BCUT2D eigenvalue weighted by atomic mass is 9.86. The fourth-order valence-corrected chi connectivity index (χ4v) is 2.38. The molecule has 0 amide bonds. The maximum atomic E-state index is 12.0. The van der Waals surface area contributed by atoms with Gasteiger partial charge in [0.15, 0.2) is 0 Å². The first-order chi connectivity index (χ1) is 8.17. The van der Waals surface area contributed by atoms with E-state index in [0.717, 1.165) is 19.3 Å². The summed E-state index contributed by atoms with van der Waals surface area (Å²) in [5.74, 6) is 0.907. The fourth-order valence-electron chi connectivity index (χ4n) is 2.38. The fraction of sp³-hybridized carbons (Fsp3) is 0.500. The average molecular weight is 234 g/mol. The molecule has 1 aromatic heterocycles. The van der Waals surface area contributed by atoms with Crippen molar-refractivity contribution in [1.29, 1.82) is 0 Å². The Kier molecular flexibility index (Phi) is 3.17. The van der Waals surface area contributed by atoms with Crippen LogP contribution in [0.15, 0.2) is 16.6 Å². The second-order valence-electron chi connectivity index (χ2n) is 4.29. The van der Waals surface area contributed by atoms with Crippen molar-refractivity contribution in [3.63, 3.8) is 0 Å². The van der Waals surface area contributed by atoms with E-state index in [-0.39, 0.29) is 17.4 Å². The molecule has 5 heteroatoms. The van der Waals surface area contributed by atoms with Crippen LogP contribution in [0.5, 0.6) is 0 Å². The summed E-state index contributed by atoms with van der Waals surface area (Å²) in [5.41, 5.74) is 7.38. The van der Waals surface area contributed by atoms with Gasteiger partial charge in [0.2, 0.25) is 5.95 Å². The number of rotatable bonds is 3. The molecule has 0 spiro atoms. The first kappa shape index (κ1) is 11.7. The summed E-state index contributed by atoms with van der Waals surface area (Å²) in [6, 6.07) is 0. The van der Waals surface area contributed by atoms with E-state index in [0.29, 0.717) is 11.4 Å². The quantitative estimate of drug-likeness (QED) is 0.746. The Hall–Kier alpha value is -1.78. The van der Waals surface area contributed by atoms with Crippen molar-refractivity contribution in [2.24, 2.45) is 0 Å². The van der Waals surface area contributed by atoms with Gasteiger partial charge in [-0.1, -0.05) is 20.3 Å². The van der Waals surface area contributed by atoms with E-state index >= 15 is 0 Å². The predicted octanol–water partition coefficient (Wildman–Crippen LogP) is 1.96. The van der Waals surface area contributed by atoms with Gasteiger partial charge in [-0.15, -0.1) is 0 Å². The molecule has 1 aliphatic rings. The van der Waals surface area contributed by atoms with Gasteiger partial charge in [0.25, 0.3) is 5.56 Å². The van der Waals surface area contributed by atoms with Gasteiger partial charge in [-0.2, -0.15) is 4.98 Å². The lowest BCUT2D eigenvalue weighted by molar-refractivity contribution is 0.686. The molecule has 2 rings (SSSR count). The Morgan fingerprint density at radius 1 is 1.47 bits per heavy atom. The number of aromatic amines is 1. The second kappa shape index (κ2) is 4.61. The first-order valence-electron chi connectivity index (χ1n) is 6.02. The molecule has 1 aromatic rings. The van der Waals surface area contributed by atoms with Crippen LogP contribution < -0.4 is 16.6 Å². The SMILES string of the molecule is CCCC1=CNc2nc(N)[nH]c(=O)c2C1CC. The number of anilines is 2. The molecular weight excluding hydrogens is 216 g/mol. The van der Waals surface area contributed by atoms with Gasteiger partial charge in [-0.25, -0.2) is 0 Å². The highest BCUT2D eigenvalue weighted by molar-refractivity contribution is 5.56. The lowest BCUT2D eigenvalue weighted by Crippen LogP contribution is -2.25.